The first-order valence-electron chi connectivity index (χ1n) is 6.93. The molecule has 0 aromatic carbocycles. The van der Waals surface area contributed by atoms with E-state index in [0.717, 1.165) is 12.5 Å². The molecule has 1 nitrogen and oxygen atoms in total. The summed E-state index contributed by atoms with van der Waals surface area (Å²) in [7, 11) is 0. The zero-order valence-electron chi connectivity index (χ0n) is 10.9. The van der Waals surface area contributed by atoms with Crippen LogP contribution in [0.2, 0.25) is 0 Å². The average Bonchev–Trinajstić information content (AvgIpc) is 2.64. The Balaban J connectivity index is 2.41. The van der Waals surface area contributed by atoms with Gasteiger partial charge in [0.2, 0.25) is 0 Å². The lowest BCUT2D eigenvalue weighted by molar-refractivity contribution is 0.213. The van der Waals surface area contributed by atoms with E-state index < -0.39 is 0 Å². The molecule has 15 heavy (non-hydrogen) atoms. The highest BCUT2D eigenvalue weighted by molar-refractivity contribution is 4.87. The van der Waals surface area contributed by atoms with E-state index in [1.807, 2.05) is 0 Å². The van der Waals surface area contributed by atoms with Crippen molar-refractivity contribution in [2.75, 3.05) is 13.1 Å². The lowest BCUT2D eigenvalue weighted by atomic mass is 9.77. The Morgan fingerprint density at radius 1 is 1.20 bits per heavy atom. The molecule has 0 saturated heterocycles. The zero-order chi connectivity index (χ0) is 11.1. The third-order valence-corrected chi connectivity index (χ3v) is 3.98. The molecular formula is C14H29N. The van der Waals surface area contributed by atoms with E-state index in [4.69, 9.17) is 0 Å². The Bertz CT molecular complexity index is 159. The number of hydrogen-bond acceptors (Lipinski definition) is 1. The van der Waals surface area contributed by atoms with Gasteiger partial charge in [-0.05, 0) is 37.1 Å². The van der Waals surface area contributed by atoms with Gasteiger partial charge in [-0.1, -0.05) is 46.5 Å². The third kappa shape index (κ3) is 4.14. The fourth-order valence-corrected chi connectivity index (χ4v) is 3.30. The van der Waals surface area contributed by atoms with Gasteiger partial charge < -0.3 is 5.32 Å². The lowest BCUT2D eigenvalue weighted by Crippen LogP contribution is -2.33. The first-order valence-corrected chi connectivity index (χ1v) is 6.93. The summed E-state index contributed by atoms with van der Waals surface area (Å²) in [5.74, 6) is 0.923. The SMILES string of the molecule is CCCC(C)CC1(CNCC)CCCC1. The molecule has 0 aromatic heterocycles. The summed E-state index contributed by atoms with van der Waals surface area (Å²) in [6.07, 6.45) is 10.1. The summed E-state index contributed by atoms with van der Waals surface area (Å²) in [6, 6.07) is 0. The van der Waals surface area contributed by atoms with E-state index in [1.165, 1.54) is 51.5 Å². The van der Waals surface area contributed by atoms with Crippen LogP contribution in [0, 0.1) is 11.3 Å². The minimum absolute atomic E-state index is 0.657. The summed E-state index contributed by atoms with van der Waals surface area (Å²) in [5, 5.41) is 3.58. The predicted octanol–water partition coefficient (Wildman–Crippen LogP) is 3.98. The van der Waals surface area contributed by atoms with E-state index in [9.17, 15) is 0 Å². The Labute approximate surface area is 96.0 Å². The van der Waals surface area contributed by atoms with Gasteiger partial charge in [-0.3, -0.25) is 0 Å². The van der Waals surface area contributed by atoms with Crippen LogP contribution in [0.3, 0.4) is 0 Å². The fourth-order valence-electron chi connectivity index (χ4n) is 3.30. The maximum atomic E-state index is 3.58. The van der Waals surface area contributed by atoms with Crippen molar-refractivity contribution in [1.82, 2.24) is 5.32 Å². The van der Waals surface area contributed by atoms with Crippen LogP contribution in [0.4, 0.5) is 0 Å². The summed E-state index contributed by atoms with van der Waals surface area (Å²) in [6.45, 7) is 9.36. The molecule has 0 bridgehead atoms. The number of hydrogen-bond donors (Lipinski definition) is 1. The lowest BCUT2D eigenvalue weighted by Gasteiger charge is -2.32. The average molecular weight is 211 g/mol. The van der Waals surface area contributed by atoms with Gasteiger partial charge in [0, 0.05) is 6.54 Å². The summed E-state index contributed by atoms with van der Waals surface area (Å²) >= 11 is 0. The second kappa shape index (κ2) is 6.52. The highest BCUT2D eigenvalue weighted by atomic mass is 14.9. The van der Waals surface area contributed by atoms with Crippen molar-refractivity contribution in [3.63, 3.8) is 0 Å². The van der Waals surface area contributed by atoms with Gasteiger partial charge in [-0.15, -0.1) is 0 Å². The van der Waals surface area contributed by atoms with Gasteiger partial charge in [-0.25, -0.2) is 0 Å². The first kappa shape index (κ1) is 13.0. The predicted molar refractivity (Wildman–Crippen MR) is 68.1 cm³/mol. The molecule has 1 atom stereocenters. The van der Waals surface area contributed by atoms with Crippen LogP contribution < -0.4 is 5.32 Å². The van der Waals surface area contributed by atoms with E-state index in [2.05, 4.69) is 26.1 Å². The Morgan fingerprint density at radius 3 is 2.40 bits per heavy atom. The Morgan fingerprint density at radius 2 is 1.87 bits per heavy atom. The number of rotatable bonds is 7. The third-order valence-electron chi connectivity index (χ3n) is 3.98. The van der Waals surface area contributed by atoms with E-state index in [-0.39, 0.29) is 0 Å². The minimum atomic E-state index is 0.657. The molecule has 1 unspecified atom stereocenters. The molecule has 90 valence electrons. The minimum Gasteiger partial charge on any atom is -0.316 e. The summed E-state index contributed by atoms with van der Waals surface area (Å²) in [4.78, 5) is 0. The molecule has 0 aromatic rings. The topological polar surface area (TPSA) is 12.0 Å². The van der Waals surface area contributed by atoms with Gasteiger partial charge >= 0.3 is 0 Å². The van der Waals surface area contributed by atoms with Gasteiger partial charge in [0.25, 0.3) is 0 Å². The Kier molecular flexibility index (Phi) is 5.66. The molecule has 1 saturated carbocycles. The first-order chi connectivity index (χ1) is 7.22. The summed E-state index contributed by atoms with van der Waals surface area (Å²) in [5.41, 5.74) is 0.657. The molecule has 1 fully saturated rings. The van der Waals surface area contributed by atoms with Crippen LogP contribution in [-0.2, 0) is 0 Å². The van der Waals surface area contributed by atoms with Crippen LogP contribution in [0.1, 0.15) is 65.7 Å². The quantitative estimate of drug-likeness (QED) is 0.671. The highest BCUT2D eigenvalue weighted by Crippen LogP contribution is 2.43. The van der Waals surface area contributed by atoms with Gasteiger partial charge in [0.1, 0.15) is 0 Å². The smallest absolute Gasteiger partial charge is 0.000779 e. The molecule has 1 N–H and O–H groups in total. The molecule has 0 radical (unpaired) electrons. The largest absolute Gasteiger partial charge is 0.316 e. The molecule has 1 heteroatoms. The van der Waals surface area contributed by atoms with Crippen molar-refractivity contribution in [3.05, 3.63) is 0 Å². The molecule has 0 heterocycles. The second-order valence-electron chi connectivity index (χ2n) is 5.59. The number of nitrogens with one attached hydrogen (secondary N) is 1. The highest BCUT2D eigenvalue weighted by Gasteiger charge is 2.34. The van der Waals surface area contributed by atoms with Crippen LogP contribution in [0.15, 0.2) is 0 Å². The van der Waals surface area contributed by atoms with Gasteiger partial charge in [0.15, 0.2) is 0 Å². The maximum Gasteiger partial charge on any atom is 0.000779 e. The van der Waals surface area contributed by atoms with Crippen molar-refractivity contribution in [2.45, 2.75) is 65.7 Å². The fraction of sp³-hybridized carbons (Fsp3) is 1.00. The monoisotopic (exact) mass is 211 g/mol. The van der Waals surface area contributed by atoms with Crippen LogP contribution in [-0.4, -0.2) is 13.1 Å². The van der Waals surface area contributed by atoms with Gasteiger partial charge in [-0.2, -0.15) is 0 Å². The molecule has 1 aliphatic rings. The Hall–Kier alpha value is -0.0400. The van der Waals surface area contributed by atoms with E-state index >= 15 is 0 Å². The van der Waals surface area contributed by atoms with E-state index in [0.29, 0.717) is 5.41 Å². The molecule has 0 aliphatic heterocycles. The zero-order valence-corrected chi connectivity index (χ0v) is 10.9. The molecule has 0 amide bonds. The molecule has 1 rings (SSSR count). The van der Waals surface area contributed by atoms with Crippen molar-refractivity contribution < 1.29 is 0 Å². The maximum absolute atomic E-state index is 3.58. The van der Waals surface area contributed by atoms with Crippen molar-refractivity contribution in [2.24, 2.45) is 11.3 Å². The summed E-state index contributed by atoms with van der Waals surface area (Å²) < 4.78 is 0. The molecule has 1 aliphatic carbocycles. The van der Waals surface area contributed by atoms with Crippen LogP contribution in [0.25, 0.3) is 0 Å². The van der Waals surface area contributed by atoms with Crippen LogP contribution in [0.5, 0.6) is 0 Å². The molecular weight excluding hydrogens is 182 g/mol. The van der Waals surface area contributed by atoms with Crippen molar-refractivity contribution in [1.29, 1.82) is 0 Å². The molecule has 0 spiro atoms. The van der Waals surface area contributed by atoms with Gasteiger partial charge in [0.05, 0.1) is 0 Å². The van der Waals surface area contributed by atoms with Crippen molar-refractivity contribution in [3.8, 4) is 0 Å². The van der Waals surface area contributed by atoms with Crippen molar-refractivity contribution >= 4 is 0 Å². The normalized spacial score (nSPS) is 21.8. The second-order valence-corrected chi connectivity index (χ2v) is 5.59. The van der Waals surface area contributed by atoms with E-state index in [1.54, 1.807) is 0 Å². The standard InChI is InChI=1S/C14H29N/c1-4-8-13(3)11-14(12-15-5-2)9-6-7-10-14/h13,15H,4-12H2,1-3H3. The van der Waals surface area contributed by atoms with Crippen LogP contribution >= 0.6 is 0 Å².